The first-order chi connectivity index (χ1) is 13.5. The van der Waals surface area contributed by atoms with E-state index in [-0.39, 0.29) is 42.8 Å². The summed E-state index contributed by atoms with van der Waals surface area (Å²) in [6, 6.07) is 9.96. The van der Waals surface area contributed by atoms with Gasteiger partial charge in [-0.15, -0.1) is 35.3 Å². The molecule has 0 saturated carbocycles. The zero-order valence-electron chi connectivity index (χ0n) is 16.5. The summed E-state index contributed by atoms with van der Waals surface area (Å²) in [4.78, 5) is 17.2. The number of hydrogen-bond acceptors (Lipinski definition) is 6. The van der Waals surface area contributed by atoms with Crippen LogP contribution < -0.4 is 15.4 Å². The lowest BCUT2D eigenvalue weighted by molar-refractivity contribution is -0.384. The van der Waals surface area contributed by atoms with E-state index in [1.54, 1.807) is 11.3 Å². The van der Waals surface area contributed by atoms with Crippen molar-refractivity contribution >= 4 is 47.0 Å². The molecular formula is C19H27IN4O4S. The Morgan fingerprint density at radius 1 is 1.21 bits per heavy atom. The number of aliphatic hydroxyl groups is 1. The smallest absolute Gasteiger partial charge is 0.269 e. The van der Waals surface area contributed by atoms with Crippen molar-refractivity contribution in [3.63, 3.8) is 0 Å². The number of guanidine groups is 1. The third-order valence-electron chi connectivity index (χ3n) is 3.80. The Morgan fingerprint density at radius 3 is 2.48 bits per heavy atom. The van der Waals surface area contributed by atoms with E-state index >= 15 is 0 Å². The monoisotopic (exact) mass is 534 g/mol. The average Bonchev–Trinajstić information content (AvgIpc) is 3.17. The molecule has 1 heterocycles. The number of nitrogens with zero attached hydrogens (tertiary/aromatic N) is 2. The van der Waals surface area contributed by atoms with E-state index in [0.717, 1.165) is 6.42 Å². The first kappa shape index (κ1) is 25.1. The van der Waals surface area contributed by atoms with Gasteiger partial charge < -0.3 is 20.5 Å². The Bertz CT molecular complexity index is 783. The van der Waals surface area contributed by atoms with E-state index < -0.39 is 11.0 Å². The number of hydrogen-bond donors (Lipinski definition) is 3. The highest BCUT2D eigenvalue weighted by Gasteiger charge is 2.09. The highest BCUT2D eigenvalue weighted by molar-refractivity contribution is 14.0. The van der Waals surface area contributed by atoms with E-state index in [9.17, 15) is 15.2 Å². The topological polar surface area (TPSA) is 109 Å². The van der Waals surface area contributed by atoms with E-state index in [1.165, 1.54) is 34.0 Å². The van der Waals surface area contributed by atoms with Crippen molar-refractivity contribution in [2.24, 2.45) is 4.99 Å². The fourth-order valence-electron chi connectivity index (χ4n) is 2.33. The fraction of sp³-hybridized carbons (Fsp3) is 0.421. The number of aryl methyl sites for hydroxylation is 1. The molecule has 0 amide bonds. The van der Waals surface area contributed by atoms with Crippen LogP contribution in [0.4, 0.5) is 5.69 Å². The molecule has 2 aromatic rings. The highest BCUT2D eigenvalue weighted by atomic mass is 127. The van der Waals surface area contributed by atoms with Gasteiger partial charge in [0.25, 0.3) is 5.69 Å². The second-order valence-corrected chi connectivity index (χ2v) is 7.27. The van der Waals surface area contributed by atoms with Gasteiger partial charge in [0.05, 0.1) is 11.5 Å². The van der Waals surface area contributed by atoms with Gasteiger partial charge in [-0.2, -0.15) is 0 Å². The third-order valence-corrected chi connectivity index (χ3v) is 5.01. The van der Waals surface area contributed by atoms with Crippen LogP contribution >= 0.6 is 35.3 Å². The SMILES string of the molecule is CCNC(=NCc1ccc(CC)s1)NCC(O)COc1ccc([N+](=O)[O-])cc1.I. The molecule has 0 aliphatic heterocycles. The van der Waals surface area contributed by atoms with E-state index in [0.29, 0.717) is 24.8 Å². The average molecular weight is 534 g/mol. The highest BCUT2D eigenvalue weighted by Crippen LogP contribution is 2.18. The molecule has 1 aromatic carbocycles. The molecule has 2 rings (SSSR count). The Balaban J connectivity index is 0.00000420. The molecule has 0 aliphatic carbocycles. The minimum atomic E-state index is -0.757. The molecule has 1 unspecified atom stereocenters. The van der Waals surface area contributed by atoms with Crippen LogP contribution in [-0.4, -0.2) is 41.8 Å². The number of ether oxygens (including phenoxy) is 1. The molecule has 29 heavy (non-hydrogen) atoms. The molecule has 1 aromatic heterocycles. The van der Waals surface area contributed by atoms with Gasteiger partial charge in [0.15, 0.2) is 5.96 Å². The maximum atomic E-state index is 10.6. The van der Waals surface area contributed by atoms with Gasteiger partial charge >= 0.3 is 0 Å². The predicted octanol–water partition coefficient (Wildman–Crippen LogP) is 3.33. The minimum Gasteiger partial charge on any atom is -0.491 e. The first-order valence-electron chi connectivity index (χ1n) is 9.16. The molecule has 160 valence electrons. The Morgan fingerprint density at radius 2 is 1.90 bits per heavy atom. The lowest BCUT2D eigenvalue weighted by atomic mass is 10.3. The number of aliphatic hydroxyl groups excluding tert-OH is 1. The Labute approximate surface area is 191 Å². The fourth-order valence-corrected chi connectivity index (χ4v) is 3.21. The van der Waals surface area contributed by atoms with Gasteiger partial charge in [-0.3, -0.25) is 10.1 Å². The van der Waals surface area contributed by atoms with Crippen molar-refractivity contribution < 1.29 is 14.8 Å². The maximum absolute atomic E-state index is 10.6. The van der Waals surface area contributed by atoms with Gasteiger partial charge in [-0.25, -0.2) is 4.99 Å². The van der Waals surface area contributed by atoms with Crippen molar-refractivity contribution in [1.29, 1.82) is 0 Å². The van der Waals surface area contributed by atoms with Crippen LogP contribution in [0.5, 0.6) is 5.75 Å². The summed E-state index contributed by atoms with van der Waals surface area (Å²) in [5, 5.41) is 27.0. The van der Waals surface area contributed by atoms with Gasteiger partial charge in [-0.1, -0.05) is 6.92 Å². The molecule has 0 aliphatic rings. The second kappa shape index (κ2) is 13.3. The summed E-state index contributed by atoms with van der Waals surface area (Å²) in [6.45, 7) is 5.73. The number of rotatable bonds is 10. The molecule has 3 N–H and O–H groups in total. The van der Waals surface area contributed by atoms with Crippen LogP contribution in [0, 0.1) is 10.1 Å². The number of halogens is 1. The maximum Gasteiger partial charge on any atom is 0.269 e. The zero-order chi connectivity index (χ0) is 20.4. The third kappa shape index (κ3) is 8.96. The standard InChI is InChI=1S/C19H26N4O4S.HI/c1-3-17-9-10-18(28-17)12-22-19(20-4-2)21-11-15(24)13-27-16-7-5-14(6-8-16)23(25)26;/h5-10,15,24H,3-4,11-13H2,1-2H3,(H2,20,21,22);1H. The van der Waals surface area contributed by atoms with Crippen molar-refractivity contribution in [2.75, 3.05) is 19.7 Å². The zero-order valence-corrected chi connectivity index (χ0v) is 19.6. The molecule has 10 heteroatoms. The lowest BCUT2D eigenvalue weighted by Gasteiger charge is -2.16. The van der Waals surface area contributed by atoms with Crippen molar-refractivity contribution in [3.8, 4) is 5.75 Å². The molecule has 0 spiro atoms. The number of nitrogens with one attached hydrogen (secondary N) is 2. The van der Waals surface area contributed by atoms with Crippen LogP contribution in [-0.2, 0) is 13.0 Å². The number of aliphatic imine (C=N–C) groups is 1. The van der Waals surface area contributed by atoms with E-state index in [2.05, 4.69) is 34.7 Å². The summed E-state index contributed by atoms with van der Waals surface area (Å²) in [7, 11) is 0. The summed E-state index contributed by atoms with van der Waals surface area (Å²) < 4.78 is 5.47. The largest absolute Gasteiger partial charge is 0.491 e. The van der Waals surface area contributed by atoms with Gasteiger partial charge in [0.1, 0.15) is 18.5 Å². The summed E-state index contributed by atoms with van der Waals surface area (Å²) >= 11 is 1.75. The van der Waals surface area contributed by atoms with E-state index in [4.69, 9.17) is 4.74 Å². The number of thiophene rings is 1. The summed E-state index contributed by atoms with van der Waals surface area (Å²) in [5.41, 5.74) is -0.00198. The first-order valence-corrected chi connectivity index (χ1v) is 9.98. The van der Waals surface area contributed by atoms with Crippen LogP contribution in [0.2, 0.25) is 0 Å². The van der Waals surface area contributed by atoms with Crippen LogP contribution in [0.1, 0.15) is 23.6 Å². The quantitative estimate of drug-likeness (QED) is 0.142. The van der Waals surface area contributed by atoms with Gasteiger partial charge in [0, 0.05) is 35.0 Å². The van der Waals surface area contributed by atoms with Gasteiger partial charge in [0.2, 0.25) is 0 Å². The molecule has 1 atom stereocenters. The summed E-state index contributed by atoms with van der Waals surface area (Å²) in [6.07, 6.45) is 0.265. The Kier molecular flexibility index (Phi) is 11.5. The van der Waals surface area contributed by atoms with Gasteiger partial charge in [-0.05, 0) is 37.6 Å². The molecule has 0 bridgehead atoms. The number of nitro groups is 1. The number of benzene rings is 1. The normalized spacial score (nSPS) is 12.0. The van der Waals surface area contributed by atoms with Crippen LogP contribution in [0.3, 0.4) is 0 Å². The predicted molar refractivity (Wildman–Crippen MR) is 127 cm³/mol. The molecule has 0 radical (unpaired) electrons. The van der Waals surface area contributed by atoms with Crippen molar-refractivity contribution in [2.45, 2.75) is 32.9 Å². The Hall–Kier alpha value is -1.92. The van der Waals surface area contributed by atoms with Crippen molar-refractivity contribution in [3.05, 3.63) is 56.3 Å². The van der Waals surface area contributed by atoms with E-state index in [1.807, 2.05) is 6.92 Å². The van der Waals surface area contributed by atoms with Crippen LogP contribution in [0.15, 0.2) is 41.4 Å². The minimum absolute atomic E-state index is 0. The summed E-state index contributed by atoms with van der Waals surface area (Å²) in [5.74, 6) is 1.10. The van der Waals surface area contributed by atoms with Crippen molar-refractivity contribution in [1.82, 2.24) is 10.6 Å². The lowest BCUT2D eigenvalue weighted by Crippen LogP contribution is -2.42. The molecule has 0 saturated heterocycles. The molecular weight excluding hydrogens is 507 g/mol. The number of nitro benzene ring substituents is 1. The molecule has 8 nitrogen and oxygen atoms in total. The second-order valence-electron chi connectivity index (χ2n) is 6.01. The number of non-ortho nitro benzene ring substituents is 1. The molecule has 0 fully saturated rings. The van der Waals surface area contributed by atoms with Crippen LogP contribution in [0.25, 0.3) is 0 Å².